The Labute approximate surface area is 274 Å². The average molecular weight is 594 g/mol. The molecule has 0 spiro atoms. The third-order valence-corrected chi connectivity index (χ3v) is 8.29. The van der Waals surface area contributed by atoms with Crippen molar-refractivity contribution in [2.45, 2.75) is 20.8 Å². The normalized spacial score (nSPS) is 12.2. The molecular formula is C45H39N. The zero-order valence-electron chi connectivity index (χ0n) is 26.8. The third-order valence-electron chi connectivity index (χ3n) is 8.29. The van der Waals surface area contributed by atoms with Gasteiger partial charge in [0.15, 0.2) is 0 Å². The van der Waals surface area contributed by atoms with Gasteiger partial charge >= 0.3 is 0 Å². The number of nitrogens with zero attached hydrogens (tertiary/aromatic N) is 1. The van der Waals surface area contributed by atoms with Gasteiger partial charge in [0.1, 0.15) is 0 Å². The van der Waals surface area contributed by atoms with Crippen LogP contribution in [0.4, 0.5) is 17.1 Å². The summed E-state index contributed by atoms with van der Waals surface area (Å²) in [7, 11) is 0. The summed E-state index contributed by atoms with van der Waals surface area (Å²) >= 11 is 0. The lowest BCUT2D eigenvalue weighted by atomic mass is 10.0. The van der Waals surface area contributed by atoms with Crippen LogP contribution in [-0.2, 0) is 0 Å². The molecule has 46 heavy (non-hydrogen) atoms. The van der Waals surface area contributed by atoms with Gasteiger partial charge in [0, 0.05) is 17.1 Å². The first kappa shape index (κ1) is 30.4. The fourth-order valence-corrected chi connectivity index (χ4v) is 5.71. The summed E-state index contributed by atoms with van der Waals surface area (Å²) in [4.78, 5) is 2.33. The van der Waals surface area contributed by atoms with E-state index >= 15 is 0 Å². The summed E-state index contributed by atoms with van der Waals surface area (Å²) in [5, 5.41) is 0. The second kappa shape index (κ2) is 14.4. The van der Waals surface area contributed by atoms with Crippen molar-refractivity contribution in [2.75, 3.05) is 4.90 Å². The highest BCUT2D eigenvalue weighted by Gasteiger charge is 2.13. The lowest BCUT2D eigenvalue weighted by Gasteiger charge is -2.26. The van der Waals surface area contributed by atoms with Crippen molar-refractivity contribution in [3.05, 3.63) is 197 Å². The minimum atomic E-state index is 1.11. The zero-order chi connectivity index (χ0) is 31.7. The number of rotatable bonds is 9. The molecule has 0 atom stereocenters. The van der Waals surface area contributed by atoms with E-state index in [0.717, 1.165) is 17.1 Å². The van der Waals surface area contributed by atoms with Gasteiger partial charge in [-0.05, 0) is 107 Å². The Bertz CT molecular complexity index is 1710. The fourth-order valence-electron chi connectivity index (χ4n) is 5.71. The molecule has 1 nitrogen and oxygen atoms in total. The van der Waals surface area contributed by atoms with Crippen LogP contribution in [0.3, 0.4) is 0 Å². The number of hydrogen-bond donors (Lipinski definition) is 0. The Balaban J connectivity index is 1.32. The van der Waals surface area contributed by atoms with Crippen molar-refractivity contribution in [3.8, 4) is 0 Å². The maximum absolute atomic E-state index is 2.33. The highest BCUT2D eigenvalue weighted by molar-refractivity contribution is 5.85. The van der Waals surface area contributed by atoms with Crippen LogP contribution >= 0.6 is 0 Å². The maximum Gasteiger partial charge on any atom is 0.0462 e. The summed E-state index contributed by atoms with van der Waals surface area (Å²) in [6, 6.07) is 58.1. The van der Waals surface area contributed by atoms with Crippen LogP contribution in [0.1, 0.15) is 54.2 Å². The van der Waals surface area contributed by atoms with Gasteiger partial charge in [0.2, 0.25) is 0 Å². The van der Waals surface area contributed by atoms with Gasteiger partial charge in [-0.25, -0.2) is 0 Å². The van der Waals surface area contributed by atoms with Crippen LogP contribution in [0, 0.1) is 0 Å². The van der Waals surface area contributed by atoms with Gasteiger partial charge in [0.05, 0.1) is 0 Å². The summed E-state index contributed by atoms with van der Waals surface area (Å²) in [6.45, 7) is 6.50. The molecule has 224 valence electrons. The molecule has 0 saturated heterocycles. The molecule has 0 bridgehead atoms. The van der Waals surface area contributed by atoms with Gasteiger partial charge in [0.25, 0.3) is 0 Å². The quantitative estimate of drug-likeness (QED) is 0.151. The third kappa shape index (κ3) is 7.52. The molecule has 0 aromatic heterocycles. The van der Waals surface area contributed by atoms with Gasteiger partial charge in [-0.2, -0.15) is 0 Å². The summed E-state index contributed by atoms with van der Waals surface area (Å²) < 4.78 is 0. The predicted octanol–water partition coefficient (Wildman–Crippen LogP) is 12.8. The molecule has 0 radical (unpaired) electrons. The zero-order valence-corrected chi connectivity index (χ0v) is 26.8. The van der Waals surface area contributed by atoms with E-state index in [0.29, 0.717) is 0 Å². The number of anilines is 3. The molecule has 0 aliphatic carbocycles. The molecule has 0 fully saturated rings. The Morgan fingerprint density at radius 1 is 0.326 bits per heavy atom. The second-order valence-corrected chi connectivity index (χ2v) is 11.7. The molecule has 6 rings (SSSR count). The van der Waals surface area contributed by atoms with Crippen LogP contribution in [0.5, 0.6) is 0 Å². The minimum Gasteiger partial charge on any atom is -0.311 e. The molecule has 0 heterocycles. The average Bonchev–Trinajstić information content (AvgIpc) is 3.11. The first-order valence-electron chi connectivity index (χ1n) is 15.8. The van der Waals surface area contributed by atoms with E-state index < -0.39 is 0 Å². The molecule has 6 aromatic carbocycles. The molecule has 0 saturated carbocycles. The molecule has 6 aromatic rings. The lowest BCUT2D eigenvalue weighted by molar-refractivity contribution is 1.28. The van der Waals surface area contributed by atoms with Crippen LogP contribution in [0.15, 0.2) is 164 Å². The highest BCUT2D eigenvalue weighted by atomic mass is 15.1. The maximum atomic E-state index is 2.33. The predicted molar refractivity (Wildman–Crippen MR) is 201 cm³/mol. The van der Waals surface area contributed by atoms with Gasteiger partial charge in [-0.1, -0.05) is 146 Å². The summed E-state index contributed by atoms with van der Waals surface area (Å²) in [5.41, 5.74) is 14.3. The number of allylic oxidation sites excluding steroid dienone is 3. The van der Waals surface area contributed by atoms with Gasteiger partial charge in [-0.15, -0.1) is 0 Å². The van der Waals surface area contributed by atoms with Crippen molar-refractivity contribution in [3.63, 3.8) is 0 Å². The van der Waals surface area contributed by atoms with Crippen molar-refractivity contribution in [2.24, 2.45) is 0 Å². The van der Waals surface area contributed by atoms with E-state index in [1.54, 1.807) is 0 Å². The molecule has 0 aliphatic heterocycles. The van der Waals surface area contributed by atoms with Crippen molar-refractivity contribution < 1.29 is 0 Å². The molecule has 0 unspecified atom stereocenters. The van der Waals surface area contributed by atoms with Crippen LogP contribution in [-0.4, -0.2) is 0 Å². The van der Waals surface area contributed by atoms with Gasteiger partial charge in [-0.3, -0.25) is 0 Å². The van der Waals surface area contributed by atoms with Crippen molar-refractivity contribution in [1.29, 1.82) is 0 Å². The smallest absolute Gasteiger partial charge is 0.0462 e. The van der Waals surface area contributed by atoms with Crippen molar-refractivity contribution >= 4 is 52.0 Å². The van der Waals surface area contributed by atoms with E-state index in [4.69, 9.17) is 0 Å². The lowest BCUT2D eigenvalue weighted by Crippen LogP contribution is -2.09. The van der Waals surface area contributed by atoms with Crippen LogP contribution in [0.25, 0.3) is 34.9 Å². The van der Waals surface area contributed by atoms with E-state index in [-0.39, 0.29) is 0 Å². The first-order valence-corrected chi connectivity index (χ1v) is 15.8. The SMILES string of the molecule is C/C(=C/c1ccc(N(c2ccc(/C=C(\C)c3ccccc3)cc2)c2ccc(/C=C(\C)c3ccccc3)cc2)cc1)c1ccccc1. The molecular weight excluding hydrogens is 555 g/mol. The first-order chi connectivity index (χ1) is 22.5. The van der Waals surface area contributed by atoms with Crippen LogP contribution < -0.4 is 4.90 Å². The highest BCUT2D eigenvalue weighted by Crippen LogP contribution is 2.36. The Kier molecular flexibility index (Phi) is 9.52. The van der Waals surface area contributed by atoms with Crippen molar-refractivity contribution in [1.82, 2.24) is 0 Å². The fraction of sp³-hybridized carbons (Fsp3) is 0.0667. The van der Waals surface area contributed by atoms with E-state index in [1.807, 2.05) is 0 Å². The molecule has 1 heteroatoms. The Hall–Kier alpha value is -5.66. The minimum absolute atomic E-state index is 1.11. The molecule has 0 aliphatic rings. The summed E-state index contributed by atoms with van der Waals surface area (Å²) in [5.74, 6) is 0. The Morgan fingerprint density at radius 3 is 0.804 bits per heavy atom. The number of benzene rings is 6. The van der Waals surface area contributed by atoms with E-state index in [1.165, 1.54) is 50.1 Å². The van der Waals surface area contributed by atoms with Crippen LogP contribution in [0.2, 0.25) is 0 Å². The molecule has 0 amide bonds. The Morgan fingerprint density at radius 2 is 0.565 bits per heavy atom. The summed E-state index contributed by atoms with van der Waals surface area (Å²) in [6.07, 6.45) is 6.74. The number of hydrogen-bond acceptors (Lipinski definition) is 1. The second-order valence-electron chi connectivity index (χ2n) is 11.7. The van der Waals surface area contributed by atoms with E-state index in [2.05, 4.69) is 208 Å². The van der Waals surface area contributed by atoms with E-state index in [9.17, 15) is 0 Å². The monoisotopic (exact) mass is 593 g/mol. The standard InChI is InChI=1S/C45H39N/c1-34(40-13-7-4-8-14-40)31-37-19-25-43(26-20-37)46(44-27-21-38(22-28-44)32-35(2)41-15-9-5-10-16-41)45-29-23-39(24-30-45)33-36(3)42-17-11-6-12-18-42/h4-33H,1-3H3/b34-31-,35-32+,36-33+. The largest absolute Gasteiger partial charge is 0.311 e. The topological polar surface area (TPSA) is 3.24 Å². The molecule has 0 N–H and O–H groups in total. The van der Waals surface area contributed by atoms with Gasteiger partial charge < -0.3 is 4.90 Å².